The topological polar surface area (TPSA) is 70.7 Å². The molecule has 0 aromatic heterocycles. The molecule has 0 spiro atoms. The number of carbonyl (C=O) groups is 2. The summed E-state index contributed by atoms with van der Waals surface area (Å²) in [6, 6.07) is 14.6. The van der Waals surface area contributed by atoms with Crippen molar-refractivity contribution in [2.45, 2.75) is 46.5 Å². The van der Waals surface area contributed by atoms with E-state index in [-0.39, 0.29) is 18.4 Å². The minimum absolute atomic E-state index is 0.0510. The summed E-state index contributed by atoms with van der Waals surface area (Å²) in [5.41, 5.74) is 2.18. The summed E-state index contributed by atoms with van der Waals surface area (Å²) in [7, 11) is 0. The lowest BCUT2D eigenvalue weighted by Gasteiger charge is -2.21. The SMILES string of the molecule is CCCCOc1ccc(NC(=O)CNc2ccc(C(=O)N(CCC)CCC)cc2)cc1. The summed E-state index contributed by atoms with van der Waals surface area (Å²) in [6.07, 6.45) is 4.00. The second-order valence-electron chi connectivity index (χ2n) is 7.50. The number of amides is 2. The van der Waals surface area contributed by atoms with Crippen LogP contribution in [0.15, 0.2) is 48.5 Å². The molecule has 0 unspecified atom stereocenters. The Kier molecular flexibility index (Phi) is 10.4. The molecule has 0 heterocycles. The fourth-order valence-electron chi connectivity index (χ4n) is 3.12. The van der Waals surface area contributed by atoms with Crippen molar-refractivity contribution in [3.05, 3.63) is 54.1 Å². The van der Waals surface area contributed by atoms with Crippen LogP contribution in [-0.4, -0.2) is 43.0 Å². The minimum atomic E-state index is -0.142. The van der Waals surface area contributed by atoms with Crippen molar-refractivity contribution in [2.24, 2.45) is 0 Å². The van der Waals surface area contributed by atoms with Crippen LogP contribution < -0.4 is 15.4 Å². The third kappa shape index (κ3) is 8.32. The number of nitrogens with zero attached hydrogens (tertiary/aromatic N) is 1. The lowest BCUT2D eigenvalue weighted by atomic mass is 10.1. The number of hydrogen-bond donors (Lipinski definition) is 2. The van der Waals surface area contributed by atoms with Gasteiger partial charge in [-0.15, -0.1) is 0 Å². The molecule has 0 aliphatic rings. The number of anilines is 2. The molecule has 0 radical (unpaired) electrons. The lowest BCUT2D eigenvalue weighted by Crippen LogP contribution is -2.32. The molecule has 2 N–H and O–H groups in total. The second kappa shape index (κ2) is 13.3. The molecule has 0 aliphatic carbocycles. The quantitative estimate of drug-likeness (QED) is 0.434. The Balaban J connectivity index is 1.82. The molecule has 0 saturated heterocycles. The molecule has 0 atom stereocenters. The molecular weight excluding hydrogens is 390 g/mol. The average molecular weight is 426 g/mol. The Hall–Kier alpha value is -3.02. The van der Waals surface area contributed by atoms with E-state index in [1.165, 1.54) is 0 Å². The summed E-state index contributed by atoms with van der Waals surface area (Å²) in [6.45, 7) is 8.63. The van der Waals surface area contributed by atoms with Crippen molar-refractivity contribution in [2.75, 3.05) is 36.9 Å². The van der Waals surface area contributed by atoms with Crippen molar-refractivity contribution in [3.8, 4) is 5.75 Å². The van der Waals surface area contributed by atoms with E-state index >= 15 is 0 Å². The molecule has 6 heteroatoms. The molecule has 168 valence electrons. The highest BCUT2D eigenvalue weighted by molar-refractivity contribution is 5.95. The van der Waals surface area contributed by atoms with Gasteiger partial charge in [0.05, 0.1) is 13.2 Å². The third-order valence-corrected chi connectivity index (χ3v) is 4.76. The van der Waals surface area contributed by atoms with Gasteiger partial charge in [-0.25, -0.2) is 0 Å². The van der Waals surface area contributed by atoms with Crippen LogP contribution >= 0.6 is 0 Å². The van der Waals surface area contributed by atoms with Gasteiger partial charge in [-0.3, -0.25) is 9.59 Å². The Labute approximate surface area is 186 Å². The fourth-order valence-corrected chi connectivity index (χ4v) is 3.12. The molecule has 0 aliphatic heterocycles. The highest BCUT2D eigenvalue weighted by Crippen LogP contribution is 2.16. The first-order valence-electron chi connectivity index (χ1n) is 11.2. The predicted octanol–water partition coefficient (Wildman–Crippen LogP) is 5.18. The van der Waals surface area contributed by atoms with Crippen LogP contribution in [0.25, 0.3) is 0 Å². The zero-order valence-corrected chi connectivity index (χ0v) is 18.9. The van der Waals surface area contributed by atoms with Crippen LogP contribution in [0.3, 0.4) is 0 Å². The van der Waals surface area contributed by atoms with Crippen LogP contribution in [0.5, 0.6) is 5.75 Å². The zero-order chi connectivity index (χ0) is 22.5. The van der Waals surface area contributed by atoms with Gasteiger partial charge in [0.2, 0.25) is 5.91 Å². The normalized spacial score (nSPS) is 10.4. The monoisotopic (exact) mass is 425 g/mol. The number of hydrogen-bond acceptors (Lipinski definition) is 4. The maximum Gasteiger partial charge on any atom is 0.253 e. The third-order valence-electron chi connectivity index (χ3n) is 4.76. The molecule has 0 bridgehead atoms. The standard InChI is InChI=1S/C25H35N3O3/c1-4-7-18-31-23-14-12-22(13-15-23)27-24(29)19-26-21-10-8-20(9-11-21)25(30)28(16-5-2)17-6-3/h8-15,26H,4-7,16-19H2,1-3H3,(H,27,29). The van der Waals surface area contributed by atoms with Gasteiger partial charge < -0.3 is 20.3 Å². The van der Waals surface area contributed by atoms with E-state index in [9.17, 15) is 9.59 Å². The Morgan fingerprint density at radius 3 is 2.03 bits per heavy atom. The van der Waals surface area contributed by atoms with Gasteiger partial charge in [0.15, 0.2) is 0 Å². The van der Waals surface area contributed by atoms with Crippen LogP contribution in [0.2, 0.25) is 0 Å². The number of unbranched alkanes of at least 4 members (excludes halogenated alkanes) is 1. The Morgan fingerprint density at radius 1 is 0.839 bits per heavy atom. The molecule has 0 fully saturated rings. The minimum Gasteiger partial charge on any atom is -0.494 e. The van der Waals surface area contributed by atoms with Crippen LogP contribution in [0, 0.1) is 0 Å². The smallest absolute Gasteiger partial charge is 0.253 e. The summed E-state index contributed by atoms with van der Waals surface area (Å²) in [5.74, 6) is 0.711. The van der Waals surface area contributed by atoms with Crippen LogP contribution in [-0.2, 0) is 4.79 Å². The number of ether oxygens (including phenoxy) is 1. The first-order valence-corrected chi connectivity index (χ1v) is 11.2. The van der Waals surface area contributed by atoms with Gasteiger partial charge in [0, 0.05) is 30.0 Å². The van der Waals surface area contributed by atoms with Crippen molar-refractivity contribution in [1.29, 1.82) is 0 Å². The zero-order valence-electron chi connectivity index (χ0n) is 18.9. The van der Waals surface area contributed by atoms with Crippen molar-refractivity contribution in [3.63, 3.8) is 0 Å². The van der Waals surface area contributed by atoms with Crippen LogP contribution in [0.1, 0.15) is 56.8 Å². The van der Waals surface area contributed by atoms with Crippen molar-refractivity contribution < 1.29 is 14.3 Å². The van der Waals surface area contributed by atoms with Gasteiger partial charge in [0.1, 0.15) is 5.75 Å². The molecular formula is C25H35N3O3. The van der Waals surface area contributed by atoms with Gasteiger partial charge in [0.25, 0.3) is 5.91 Å². The second-order valence-corrected chi connectivity index (χ2v) is 7.50. The largest absolute Gasteiger partial charge is 0.494 e. The van der Waals surface area contributed by atoms with E-state index in [0.29, 0.717) is 12.2 Å². The molecule has 2 aromatic rings. The maximum absolute atomic E-state index is 12.6. The van der Waals surface area contributed by atoms with Gasteiger partial charge in [-0.1, -0.05) is 27.2 Å². The summed E-state index contributed by atoms with van der Waals surface area (Å²) < 4.78 is 5.63. The molecule has 0 saturated carbocycles. The Bertz CT molecular complexity index is 798. The summed E-state index contributed by atoms with van der Waals surface area (Å²) in [4.78, 5) is 26.7. The number of benzene rings is 2. The van der Waals surface area contributed by atoms with E-state index in [1.54, 1.807) is 12.1 Å². The Morgan fingerprint density at radius 2 is 1.45 bits per heavy atom. The molecule has 2 amide bonds. The van der Waals surface area contributed by atoms with Crippen LogP contribution in [0.4, 0.5) is 11.4 Å². The highest BCUT2D eigenvalue weighted by atomic mass is 16.5. The van der Waals surface area contributed by atoms with E-state index in [4.69, 9.17) is 4.74 Å². The van der Waals surface area contributed by atoms with Gasteiger partial charge in [-0.2, -0.15) is 0 Å². The van der Waals surface area contributed by atoms with Crippen molar-refractivity contribution in [1.82, 2.24) is 4.90 Å². The van der Waals surface area contributed by atoms with E-state index < -0.39 is 0 Å². The number of nitrogens with one attached hydrogen (secondary N) is 2. The number of rotatable bonds is 13. The first kappa shape index (κ1) is 24.3. The molecule has 31 heavy (non-hydrogen) atoms. The maximum atomic E-state index is 12.6. The van der Waals surface area contributed by atoms with Gasteiger partial charge in [-0.05, 0) is 67.8 Å². The summed E-state index contributed by atoms with van der Waals surface area (Å²) >= 11 is 0. The average Bonchev–Trinajstić information content (AvgIpc) is 2.79. The van der Waals surface area contributed by atoms with E-state index in [1.807, 2.05) is 41.3 Å². The van der Waals surface area contributed by atoms with Gasteiger partial charge >= 0.3 is 0 Å². The summed E-state index contributed by atoms with van der Waals surface area (Å²) in [5, 5.41) is 5.96. The lowest BCUT2D eigenvalue weighted by molar-refractivity contribution is -0.114. The van der Waals surface area contributed by atoms with E-state index in [2.05, 4.69) is 31.4 Å². The first-order chi connectivity index (χ1) is 15.1. The molecule has 2 aromatic carbocycles. The van der Waals surface area contributed by atoms with E-state index in [0.717, 1.165) is 55.9 Å². The molecule has 2 rings (SSSR count). The predicted molar refractivity (Wildman–Crippen MR) is 127 cm³/mol. The van der Waals surface area contributed by atoms with Crippen molar-refractivity contribution >= 4 is 23.2 Å². The molecule has 6 nitrogen and oxygen atoms in total. The highest BCUT2D eigenvalue weighted by Gasteiger charge is 2.14. The number of carbonyl (C=O) groups excluding carboxylic acids is 2. The fraction of sp³-hybridized carbons (Fsp3) is 0.440.